The minimum atomic E-state index is -0.555. The Kier molecular flexibility index (Phi) is 4.20. The Morgan fingerprint density at radius 2 is 2.20 bits per heavy atom. The highest BCUT2D eigenvalue weighted by Crippen LogP contribution is 2.25. The lowest BCUT2D eigenvalue weighted by Gasteiger charge is -2.09. The molecule has 0 aliphatic heterocycles. The maximum Gasteiger partial charge on any atom is 0.288 e. The van der Waals surface area contributed by atoms with E-state index in [0.717, 1.165) is 0 Å². The average Bonchev–Trinajstić information content (AvgIpc) is 2.40. The summed E-state index contributed by atoms with van der Waals surface area (Å²) in [6.45, 7) is 1.88. The summed E-state index contributed by atoms with van der Waals surface area (Å²) in [5, 5.41) is 10.9. The lowest BCUT2D eigenvalue weighted by molar-refractivity contribution is -0.384. The Morgan fingerprint density at radius 3 is 2.85 bits per heavy atom. The van der Waals surface area contributed by atoms with Crippen LogP contribution in [0.25, 0.3) is 0 Å². The Morgan fingerprint density at radius 1 is 1.50 bits per heavy atom. The Balaban J connectivity index is 2.46. The van der Waals surface area contributed by atoms with Crippen molar-refractivity contribution in [2.24, 2.45) is 0 Å². The van der Waals surface area contributed by atoms with Gasteiger partial charge in [0, 0.05) is 12.3 Å². The highest BCUT2D eigenvalue weighted by molar-refractivity contribution is 9.10. The van der Waals surface area contributed by atoms with E-state index in [2.05, 4.69) is 20.9 Å². The summed E-state index contributed by atoms with van der Waals surface area (Å²) in [6.07, 6.45) is 1.43. The molecule has 0 bridgehead atoms. The third-order valence-corrected chi connectivity index (χ3v) is 3.62. The van der Waals surface area contributed by atoms with E-state index >= 15 is 0 Å². The summed E-state index contributed by atoms with van der Waals surface area (Å²) >= 11 is 8.87. The number of aryl methyl sites for hydroxylation is 1. The van der Waals surface area contributed by atoms with Crippen molar-refractivity contribution in [3.8, 4) is 0 Å². The first-order valence-electron chi connectivity index (χ1n) is 5.55. The molecule has 0 saturated carbocycles. The summed E-state index contributed by atoms with van der Waals surface area (Å²) in [6, 6.07) is 4.44. The van der Waals surface area contributed by atoms with Gasteiger partial charge in [0.2, 0.25) is 0 Å². The maximum absolute atomic E-state index is 12.0. The first-order valence-corrected chi connectivity index (χ1v) is 6.72. The van der Waals surface area contributed by atoms with Crippen LogP contribution in [0.3, 0.4) is 0 Å². The van der Waals surface area contributed by atoms with Gasteiger partial charge in [-0.3, -0.25) is 19.5 Å². The molecule has 0 radical (unpaired) electrons. The van der Waals surface area contributed by atoms with Gasteiger partial charge in [-0.1, -0.05) is 17.7 Å². The predicted molar refractivity (Wildman–Crippen MR) is 78.1 cm³/mol. The third-order valence-electron chi connectivity index (χ3n) is 2.75. The van der Waals surface area contributed by atoms with Crippen LogP contribution < -0.4 is 5.56 Å². The van der Waals surface area contributed by atoms with E-state index in [1.165, 1.54) is 22.9 Å². The molecule has 6 nitrogen and oxygen atoms in total. The largest absolute Gasteiger partial charge is 0.291 e. The number of nitrogens with zero attached hydrogens (tertiary/aromatic N) is 3. The van der Waals surface area contributed by atoms with Gasteiger partial charge >= 0.3 is 0 Å². The van der Waals surface area contributed by atoms with Crippen molar-refractivity contribution in [1.82, 2.24) is 9.55 Å². The number of aromatic nitrogens is 2. The molecule has 8 heteroatoms. The molecular formula is C12H9BrClN3O3. The van der Waals surface area contributed by atoms with E-state index in [-0.39, 0.29) is 22.8 Å². The lowest BCUT2D eigenvalue weighted by Crippen LogP contribution is -2.24. The standard InChI is InChI=1S/C12H9BrClN3O3/c1-7-15-5-9(13)12(18)16(7)6-8-2-3-10(14)11(4-8)17(19)20/h2-5H,6H2,1H3. The van der Waals surface area contributed by atoms with Crippen molar-refractivity contribution in [2.45, 2.75) is 13.5 Å². The topological polar surface area (TPSA) is 78.0 Å². The second-order valence-electron chi connectivity index (χ2n) is 4.09. The molecule has 2 aromatic rings. The van der Waals surface area contributed by atoms with Gasteiger partial charge in [-0.2, -0.15) is 0 Å². The fourth-order valence-corrected chi connectivity index (χ4v) is 2.22. The number of nitro benzene ring substituents is 1. The highest BCUT2D eigenvalue weighted by Gasteiger charge is 2.14. The van der Waals surface area contributed by atoms with Gasteiger partial charge in [-0.15, -0.1) is 0 Å². The fraction of sp³-hybridized carbons (Fsp3) is 0.167. The molecule has 0 N–H and O–H groups in total. The second kappa shape index (κ2) is 5.72. The zero-order valence-corrected chi connectivity index (χ0v) is 12.7. The van der Waals surface area contributed by atoms with Crippen molar-refractivity contribution < 1.29 is 4.92 Å². The summed E-state index contributed by atoms with van der Waals surface area (Å²) in [5.74, 6) is 0.524. The Bertz CT molecular complexity index is 745. The number of hydrogen-bond donors (Lipinski definition) is 0. The molecule has 1 aromatic heterocycles. The van der Waals surface area contributed by atoms with Crippen LogP contribution in [0, 0.1) is 17.0 Å². The third kappa shape index (κ3) is 2.88. The van der Waals surface area contributed by atoms with Gasteiger partial charge in [0.15, 0.2) is 0 Å². The van der Waals surface area contributed by atoms with Gasteiger partial charge in [0.25, 0.3) is 11.2 Å². The minimum Gasteiger partial charge on any atom is -0.291 e. The van der Waals surface area contributed by atoms with E-state index in [0.29, 0.717) is 15.9 Å². The molecule has 0 aliphatic rings. The highest BCUT2D eigenvalue weighted by atomic mass is 79.9. The first-order chi connectivity index (χ1) is 9.40. The first kappa shape index (κ1) is 14.7. The monoisotopic (exact) mass is 357 g/mol. The number of rotatable bonds is 3. The molecule has 0 spiro atoms. The molecule has 0 amide bonds. The van der Waals surface area contributed by atoms with Gasteiger partial charge in [0.1, 0.15) is 15.3 Å². The van der Waals surface area contributed by atoms with Crippen LogP contribution in [-0.2, 0) is 6.54 Å². The molecule has 0 fully saturated rings. The molecule has 20 heavy (non-hydrogen) atoms. The van der Waals surface area contributed by atoms with Crippen LogP contribution in [0.4, 0.5) is 5.69 Å². The van der Waals surface area contributed by atoms with Crippen LogP contribution in [0.5, 0.6) is 0 Å². The van der Waals surface area contributed by atoms with Gasteiger partial charge in [0.05, 0.1) is 11.5 Å². The summed E-state index contributed by atoms with van der Waals surface area (Å²) < 4.78 is 1.77. The number of halogens is 2. The van der Waals surface area contributed by atoms with E-state index in [9.17, 15) is 14.9 Å². The van der Waals surface area contributed by atoms with E-state index in [1.807, 2.05) is 0 Å². The van der Waals surface area contributed by atoms with Crippen LogP contribution in [0.1, 0.15) is 11.4 Å². The predicted octanol–water partition coefficient (Wildman–Crippen LogP) is 2.92. The smallest absolute Gasteiger partial charge is 0.288 e. The molecular weight excluding hydrogens is 350 g/mol. The van der Waals surface area contributed by atoms with Crippen LogP contribution >= 0.6 is 27.5 Å². The van der Waals surface area contributed by atoms with E-state index in [1.54, 1.807) is 13.0 Å². The average molecular weight is 359 g/mol. The molecule has 0 unspecified atom stereocenters. The lowest BCUT2D eigenvalue weighted by atomic mass is 10.2. The van der Waals surface area contributed by atoms with Gasteiger partial charge in [-0.25, -0.2) is 4.98 Å². The van der Waals surface area contributed by atoms with Crippen molar-refractivity contribution in [3.05, 3.63) is 65.7 Å². The normalized spacial score (nSPS) is 10.6. The maximum atomic E-state index is 12.0. The molecule has 0 aliphatic carbocycles. The quantitative estimate of drug-likeness (QED) is 0.624. The van der Waals surface area contributed by atoms with Crippen molar-refractivity contribution >= 4 is 33.2 Å². The number of nitro groups is 1. The molecule has 104 valence electrons. The molecule has 2 rings (SSSR count). The van der Waals surface area contributed by atoms with Crippen LogP contribution in [-0.4, -0.2) is 14.5 Å². The Labute approximate surface area is 127 Å². The fourth-order valence-electron chi connectivity index (χ4n) is 1.72. The molecule has 1 aromatic carbocycles. The second-order valence-corrected chi connectivity index (χ2v) is 5.35. The zero-order chi connectivity index (χ0) is 14.9. The van der Waals surface area contributed by atoms with Crippen molar-refractivity contribution in [3.63, 3.8) is 0 Å². The zero-order valence-electron chi connectivity index (χ0n) is 10.3. The summed E-state index contributed by atoms with van der Waals surface area (Å²) in [4.78, 5) is 26.4. The number of hydrogen-bond acceptors (Lipinski definition) is 4. The Hall–Kier alpha value is -1.73. The molecule has 1 heterocycles. The van der Waals surface area contributed by atoms with Crippen LogP contribution in [0.15, 0.2) is 33.7 Å². The van der Waals surface area contributed by atoms with Gasteiger partial charge < -0.3 is 0 Å². The van der Waals surface area contributed by atoms with Crippen molar-refractivity contribution in [2.75, 3.05) is 0 Å². The van der Waals surface area contributed by atoms with Crippen molar-refractivity contribution in [1.29, 1.82) is 0 Å². The number of benzene rings is 1. The van der Waals surface area contributed by atoms with Crippen LogP contribution in [0.2, 0.25) is 5.02 Å². The van der Waals surface area contributed by atoms with E-state index < -0.39 is 4.92 Å². The summed E-state index contributed by atoms with van der Waals surface area (Å²) in [7, 11) is 0. The molecule has 0 saturated heterocycles. The minimum absolute atomic E-state index is 0.0650. The van der Waals surface area contributed by atoms with E-state index in [4.69, 9.17) is 11.6 Å². The summed E-state index contributed by atoms with van der Waals surface area (Å²) in [5.41, 5.74) is 0.180. The SMILES string of the molecule is Cc1ncc(Br)c(=O)n1Cc1ccc(Cl)c([N+](=O)[O-])c1. The molecule has 0 atom stereocenters. The van der Waals surface area contributed by atoms with Gasteiger partial charge in [-0.05, 0) is 34.5 Å².